The van der Waals surface area contributed by atoms with Crippen LogP contribution < -0.4 is 5.32 Å². The number of nitrogens with one attached hydrogen (secondary N) is 2. The van der Waals surface area contributed by atoms with Crippen LogP contribution in [0.4, 0.5) is 0 Å². The predicted molar refractivity (Wildman–Crippen MR) is 56.4 cm³/mol. The summed E-state index contributed by atoms with van der Waals surface area (Å²) in [6, 6.07) is 0.273. The van der Waals surface area contributed by atoms with Gasteiger partial charge >= 0.3 is 0 Å². The van der Waals surface area contributed by atoms with Gasteiger partial charge in [0.2, 0.25) is 0 Å². The molecule has 1 fully saturated rings. The van der Waals surface area contributed by atoms with Crippen LogP contribution in [0.15, 0.2) is 12.4 Å². The Balaban J connectivity index is 1.96. The molecule has 1 atom stereocenters. The van der Waals surface area contributed by atoms with Gasteiger partial charge in [-0.15, -0.1) is 0 Å². The molecule has 1 aromatic rings. The molecule has 2 rings (SSSR count). The van der Waals surface area contributed by atoms with E-state index in [1.54, 1.807) is 6.20 Å². The van der Waals surface area contributed by atoms with Gasteiger partial charge in [0, 0.05) is 16.7 Å². The fraction of sp³-hybridized carbons (Fsp3) is 0.556. The molecule has 0 radical (unpaired) electrons. The predicted octanol–water partition coefficient (Wildman–Crippen LogP) is 1.03. The van der Waals surface area contributed by atoms with Crippen molar-refractivity contribution in [1.82, 2.24) is 15.5 Å². The summed E-state index contributed by atoms with van der Waals surface area (Å²) in [6.07, 6.45) is 3.14. The van der Waals surface area contributed by atoms with Crippen LogP contribution in [-0.2, 0) is 0 Å². The molecular weight excluding hydrogens is 198 g/mol. The molecule has 1 aliphatic heterocycles. The maximum Gasteiger partial charge on any atom is 0.254 e. The Labute approximate surface area is 86.8 Å². The molecule has 0 bridgehead atoms. The molecule has 1 saturated heterocycles. The number of amides is 1. The number of nitrogens with zero attached hydrogens (tertiary/aromatic N) is 1. The van der Waals surface area contributed by atoms with Crippen LogP contribution >= 0.6 is 11.8 Å². The number of rotatable bonds is 2. The highest BCUT2D eigenvalue weighted by atomic mass is 32.2. The first-order chi connectivity index (χ1) is 6.59. The fourth-order valence-electron chi connectivity index (χ4n) is 1.33. The summed E-state index contributed by atoms with van der Waals surface area (Å²) >= 11 is 1.87. The summed E-state index contributed by atoms with van der Waals surface area (Å²) in [5, 5.41) is 9.35. The highest BCUT2D eigenvalue weighted by Crippen LogP contribution is 2.39. The number of carbonyl (C=O) groups excluding carboxylic acids is 1. The van der Waals surface area contributed by atoms with E-state index in [0.717, 1.165) is 5.75 Å². The van der Waals surface area contributed by atoms with Gasteiger partial charge in [-0.1, -0.05) is 0 Å². The maximum absolute atomic E-state index is 11.6. The van der Waals surface area contributed by atoms with Crippen LogP contribution in [-0.4, -0.2) is 32.6 Å². The molecule has 2 heterocycles. The van der Waals surface area contributed by atoms with E-state index in [-0.39, 0.29) is 16.7 Å². The SMILES string of the molecule is CC1(C)SCC1NC(=O)c1cn[nH]c1. The largest absolute Gasteiger partial charge is 0.347 e. The van der Waals surface area contributed by atoms with E-state index in [9.17, 15) is 4.79 Å². The van der Waals surface area contributed by atoms with Gasteiger partial charge in [0.1, 0.15) is 0 Å². The van der Waals surface area contributed by atoms with Gasteiger partial charge in [0.05, 0.1) is 17.8 Å². The summed E-state index contributed by atoms with van der Waals surface area (Å²) in [7, 11) is 0. The van der Waals surface area contributed by atoms with E-state index in [1.165, 1.54) is 6.20 Å². The zero-order valence-electron chi connectivity index (χ0n) is 8.20. The van der Waals surface area contributed by atoms with Gasteiger partial charge in [0.25, 0.3) is 5.91 Å². The Morgan fingerprint density at radius 1 is 1.79 bits per heavy atom. The van der Waals surface area contributed by atoms with Crippen molar-refractivity contribution in [3.05, 3.63) is 18.0 Å². The zero-order valence-corrected chi connectivity index (χ0v) is 9.02. The number of aromatic nitrogens is 2. The van der Waals surface area contributed by atoms with Crippen LogP contribution in [0.3, 0.4) is 0 Å². The lowest BCUT2D eigenvalue weighted by Crippen LogP contribution is -2.56. The smallest absolute Gasteiger partial charge is 0.254 e. The molecule has 0 spiro atoms. The van der Waals surface area contributed by atoms with Gasteiger partial charge in [-0.05, 0) is 13.8 Å². The standard InChI is InChI=1S/C9H13N3OS/c1-9(2)7(5-14-9)12-8(13)6-3-10-11-4-6/h3-4,7H,5H2,1-2H3,(H,10,11)(H,12,13). The summed E-state index contributed by atoms with van der Waals surface area (Å²) < 4.78 is 0.166. The number of thioether (sulfide) groups is 1. The average Bonchev–Trinajstić information content (AvgIpc) is 2.65. The lowest BCUT2D eigenvalue weighted by atomic mass is 10.0. The number of hydrogen-bond donors (Lipinski definition) is 2. The van der Waals surface area contributed by atoms with Crippen molar-refractivity contribution in [3.63, 3.8) is 0 Å². The van der Waals surface area contributed by atoms with Crippen LogP contribution in [0.1, 0.15) is 24.2 Å². The second-order valence-electron chi connectivity index (χ2n) is 3.93. The topological polar surface area (TPSA) is 57.8 Å². The van der Waals surface area contributed by atoms with Crippen LogP contribution in [0.2, 0.25) is 0 Å². The molecule has 1 aromatic heterocycles. The lowest BCUT2D eigenvalue weighted by Gasteiger charge is -2.43. The van der Waals surface area contributed by atoms with Crippen molar-refractivity contribution in [3.8, 4) is 0 Å². The Morgan fingerprint density at radius 2 is 2.57 bits per heavy atom. The second kappa shape index (κ2) is 3.31. The molecule has 0 saturated carbocycles. The van der Waals surface area contributed by atoms with E-state index in [1.807, 2.05) is 11.8 Å². The van der Waals surface area contributed by atoms with Crippen molar-refractivity contribution < 1.29 is 4.79 Å². The molecule has 1 unspecified atom stereocenters. The third-order valence-electron chi connectivity index (χ3n) is 2.53. The maximum atomic E-state index is 11.6. The number of H-pyrrole nitrogens is 1. The van der Waals surface area contributed by atoms with Gasteiger partial charge in [-0.2, -0.15) is 16.9 Å². The van der Waals surface area contributed by atoms with E-state index in [4.69, 9.17) is 0 Å². The molecule has 0 aliphatic carbocycles. The molecule has 5 heteroatoms. The first-order valence-electron chi connectivity index (χ1n) is 4.53. The van der Waals surface area contributed by atoms with Crippen molar-refractivity contribution in [1.29, 1.82) is 0 Å². The average molecular weight is 211 g/mol. The number of aromatic amines is 1. The molecule has 1 aliphatic rings. The Kier molecular flexibility index (Phi) is 2.26. The molecule has 4 nitrogen and oxygen atoms in total. The highest BCUT2D eigenvalue weighted by Gasteiger charge is 2.40. The van der Waals surface area contributed by atoms with E-state index < -0.39 is 0 Å². The second-order valence-corrected chi connectivity index (χ2v) is 5.60. The van der Waals surface area contributed by atoms with Crippen molar-refractivity contribution >= 4 is 17.7 Å². The summed E-state index contributed by atoms with van der Waals surface area (Å²) in [5.41, 5.74) is 0.595. The molecule has 76 valence electrons. The molecule has 2 N–H and O–H groups in total. The van der Waals surface area contributed by atoms with Crippen LogP contribution in [0.25, 0.3) is 0 Å². The van der Waals surface area contributed by atoms with Crippen LogP contribution in [0, 0.1) is 0 Å². The number of hydrogen-bond acceptors (Lipinski definition) is 3. The molecular formula is C9H13N3OS. The van der Waals surface area contributed by atoms with E-state index in [2.05, 4.69) is 29.4 Å². The van der Waals surface area contributed by atoms with Gasteiger partial charge in [0.15, 0.2) is 0 Å². The Morgan fingerprint density at radius 3 is 3.00 bits per heavy atom. The Hall–Kier alpha value is -0.970. The van der Waals surface area contributed by atoms with E-state index >= 15 is 0 Å². The Bertz CT molecular complexity index is 334. The van der Waals surface area contributed by atoms with Gasteiger partial charge < -0.3 is 5.32 Å². The summed E-state index contributed by atoms with van der Waals surface area (Å²) in [5.74, 6) is 0.952. The minimum atomic E-state index is -0.0443. The van der Waals surface area contributed by atoms with Crippen molar-refractivity contribution in [2.45, 2.75) is 24.6 Å². The minimum Gasteiger partial charge on any atom is -0.347 e. The van der Waals surface area contributed by atoms with Crippen LogP contribution in [0.5, 0.6) is 0 Å². The first-order valence-corrected chi connectivity index (χ1v) is 5.52. The fourth-order valence-corrected chi connectivity index (χ4v) is 2.47. The van der Waals surface area contributed by atoms with Gasteiger partial charge in [-0.3, -0.25) is 9.89 Å². The zero-order chi connectivity index (χ0) is 10.2. The monoisotopic (exact) mass is 211 g/mol. The third-order valence-corrected chi connectivity index (χ3v) is 4.06. The first kappa shape index (κ1) is 9.58. The molecule has 0 aromatic carbocycles. The molecule has 1 amide bonds. The lowest BCUT2D eigenvalue weighted by molar-refractivity contribution is 0.0931. The van der Waals surface area contributed by atoms with Crippen molar-refractivity contribution in [2.24, 2.45) is 0 Å². The summed E-state index contributed by atoms with van der Waals surface area (Å²) in [4.78, 5) is 11.6. The van der Waals surface area contributed by atoms with Crippen molar-refractivity contribution in [2.75, 3.05) is 5.75 Å². The minimum absolute atomic E-state index is 0.0443. The normalized spacial score (nSPS) is 24.0. The highest BCUT2D eigenvalue weighted by molar-refractivity contribution is 8.02. The quantitative estimate of drug-likeness (QED) is 0.768. The van der Waals surface area contributed by atoms with Gasteiger partial charge in [-0.25, -0.2) is 0 Å². The molecule has 14 heavy (non-hydrogen) atoms. The number of carbonyl (C=O) groups is 1. The third kappa shape index (κ3) is 1.64. The summed E-state index contributed by atoms with van der Waals surface area (Å²) in [6.45, 7) is 4.28. The van der Waals surface area contributed by atoms with E-state index in [0.29, 0.717) is 5.56 Å².